The summed E-state index contributed by atoms with van der Waals surface area (Å²) >= 11 is 11.0. The Morgan fingerprint density at radius 1 is 0.951 bits per heavy atom. The molecule has 3 rings (SSSR count). The fourth-order valence-electron chi connectivity index (χ4n) is 3.67. The second-order valence-electron chi connectivity index (χ2n) is 8.92. The van der Waals surface area contributed by atoms with Crippen molar-refractivity contribution in [2.45, 2.75) is 42.8 Å². The van der Waals surface area contributed by atoms with E-state index in [2.05, 4.69) is 0 Å². The summed E-state index contributed by atoms with van der Waals surface area (Å²) in [6, 6.07) is 2.05. The first-order valence-corrected chi connectivity index (χ1v) is 11.9. The van der Waals surface area contributed by atoms with Gasteiger partial charge in [0, 0.05) is 5.56 Å². The lowest BCUT2D eigenvalue weighted by atomic mass is 9.95. The Morgan fingerprint density at radius 3 is 1.98 bits per heavy atom. The Kier molecular flexibility index (Phi) is 8.95. The van der Waals surface area contributed by atoms with E-state index in [1.54, 1.807) is 0 Å². The summed E-state index contributed by atoms with van der Waals surface area (Å²) in [7, 11) is 0. The molecule has 1 fully saturated rings. The van der Waals surface area contributed by atoms with Crippen molar-refractivity contribution in [1.82, 2.24) is 10.6 Å². The number of carbonyl (C=O) groups is 2. The number of rotatable bonds is 7. The van der Waals surface area contributed by atoms with Crippen LogP contribution in [-0.4, -0.2) is 36.3 Å². The van der Waals surface area contributed by atoms with Crippen LogP contribution in [0.15, 0.2) is 36.4 Å². The van der Waals surface area contributed by atoms with Crippen LogP contribution in [0.3, 0.4) is 0 Å². The van der Waals surface area contributed by atoms with Crippen LogP contribution in [0.4, 0.5) is 48.3 Å². The SMILES string of the molecule is O=C(NC1(C(=O)NCC(F)(F)F)CC1)c1ccc(/C(F)=C/C(c2cc(Cl)c(F)c(Cl)c2)C(F)(F)F)cc1C(F)(F)F. The molecular weight excluding hydrogens is 628 g/mol. The molecule has 1 saturated carbocycles. The minimum atomic E-state index is -5.36. The second kappa shape index (κ2) is 11.3. The summed E-state index contributed by atoms with van der Waals surface area (Å²) in [6.07, 6.45) is -15.9. The van der Waals surface area contributed by atoms with Gasteiger partial charge in [-0.15, -0.1) is 0 Å². The number of amides is 2. The summed E-state index contributed by atoms with van der Waals surface area (Å²) in [5, 5.41) is 1.80. The van der Waals surface area contributed by atoms with Crippen molar-refractivity contribution < 1.29 is 57.9 Å². The molecular formula is C24H15Cl2F11N2O2. The molecule has 2 aromatic carbocycles. The van der Waals surface area contributed by atoms with E-state index in [9.17, 15) is 57.9 Å². The Hall–Kier alpha value is -3.07. The zero-order chi connectivity index (χ0) is 31.1. The maximum absolute atomic E-state index is 15.0. The zero-order valence-electron chi connectivity index (χ0n) is 19.9. The molecule has 224 valence electrons. The predicted molar refractivity (Wildman–Crippen MR) is 124 cm³/mol. The third-order valence-electron chi connectivity index (χ3n) is 5.86. The molecule has 2 N–H and O–H groups in total. The topological polar surface area (TPSA) is 58.2 Å². The quantitative estimate of drug-likeness (QED) is 0.240. The number of hydrogen-bond donors (Lipinski definition) is 2. The van der Waals surface area contributed by atoms with E-state index < -0.39 is 92.3 Å². The van der Waals surface area contributed by atoms with Crippen LogP contribution < -0.4 is 10.6 Å². The lowest BCUT2D eigenvalue weighted by molar-refractivity contribution is -0.140. The molecule has 1 unspecified atom stereocenters. The molecule has 4 nitrogen and oxygen atoms in total. The maximum Gasteiger partial charge on any atom is 0.417 e. The number of carbonyl (C=O) groups excluding carboxylic acids is 2. The molecule has 1 atom stereocenters. The maximum atomic E-state index is 15.0. The summed E-state index contributed by atoms with van der Waals surface area (Å²) < 4.78 is 148. The highest BCUT2D eigenvalue weighted by atomic mass is 35.5. The number of hydrogen-bond acceptors (Lipinski definition) is 2. The van der Waals surface area contributed by atoms with Crippen LogP contribution in [0.2, 0.25) is 10.0 Å². The fourth-order valence-corrected chi connectivity index (χ4v) is 4.17. The van der Waals surface area contributed by atoms with E-state index in [-0.39, 0.29) is 25.0 Å². The van der Waals surface area contributed by atoms with Gasteiger partial charge in [0.05, 0.1) is 21.2 Å². The average molecular weight is 643 g/mol. The Morgan fingerprint density at radius 2 is 1.51 bits per heavy atom. The largest absolute Gasteiger partial charge is 0.417 e. The van der Waals surface area contributed by atoms with Gasteiger partial charge in [0.1, 0.15) is 23.8 Å². The van der Waals surface area contributed by atoms with E-state index >= 15 is 0 Å². The normalized spacial score (nSPS) is 16.3. The fraction of sp³-hybridized carbons (Fsp3) is 0.333. The monoisotopic (exact) mass is 642 g/mol. The molecule has 0 aromatic heterocycles. The van der Waals surface area contributed by atoms with Crippen molar-refractivity contribution in [3.8, 4) is 0 Å². The van der Waals surface area contributed by atoms with Crippen molar-refractivity contribution in [3.63, 3.8) is 0 Å². The minimum Gasteiger partial charge on any atom is -0.345 e. The summed E-state index contributed by atoms with van der Waals surface area (Å²) in [6.45, 7) is -1.76. The van der Waals surface area contributed by atoms with Gasteiger partial charge in [-0.2, -0.15) is 39.5 Å². The number of benzene rings is 2. The predicted octanol–water partition coefficient (Wildman–Crippen LogP) is 7.75. The first kappa shape index (κ1) is 32.4. The molecule has 0 saturated heterocycles. The minimum absolute atomic E-state index is 0.0437. The summed E-state index contributed by atoms with van der Waals surface area (Å²) in [5.41, 5.74) is -6.75. The first-order valence-electron chi connectivity index (χ1n) is 11.1. The first-order chi connectivity index (χ1) is 18.6. The van der Waals surface area contributed by atoms with Gasteiger partial charge in [0.25, 0.3) is 5.91 Å². The molecule has 2 aromatic rings. The molecule has 0 heterocycles. The van der Waals surface area contributed by atoms with Crippen LogP contribution in [0, 0.1) is 5.82 Å². The highest BCUT2D eigenvalue weighted by molar-refractivity contribution is 6.35. The van der Waals surface area contributed by atoms with Gasteiger partial charge >= 0.3 is 18.5 Å². The number of alkyl halides is 9. The van der Waals surface area contributed by atoms with E-state index in [1.807, 2.05) is 5.32 Å². The highest BCUT2D eigenvalue weighted by Crippen LogP contribution is 2.42. The van der Waals surface area contributed by atoms with E-state index in [1.165, 1.54) is 5.32 Å². The van der Waals surface area contributed by atoms with Crippen LogP contribution in [0.5, 0.6) is 0 Å². The van der Waals surface area contributed by atoms with Crippen LogP contribution in [0.1, 0.15) is 45.8 Å². The lowest BCUT2D eigenvalue weighted by Gasteiger charge is -2.20. The van der Waals surface area contributed by atoms with Crippen molar-refractivity contribution in [1.29, 1.82) is 0 Å². The van der Waals surface area contributed by atoms with Gasteiger partial charge in [0.2, 0.25) is 5.91 Å². The van der Waals surface area contributed by atoms with Gasteiger partial charge in [-0.05, 0) is 48.7 Å². The molecule has 0 aliphatic heterocycles. The summed E-state index contributed by atoms with van der Waals surface area (Å²) in [5.74, 6) is -8.73. The molecule has 0 spiro atoms. The lowest BCUT2D eigenvalue weighted by Crippen LogP contribution is -2.51. The van der Waals surface area contributed by atoms with Crippen molar-refractivity contribution >= 4 is 40.8 Å². The number of allylic oxidation sites excluding steroid dienone is 1. The van der Waals surface area contributed by atoms with Gasteiger partial charge in [-0.25, -0.2) is 8.78 Å². The second-order valence-corrected chi connectivity index (χ2v) is 9.74. The highest BCUT2D eigenvalue weighted by Gasteiger charge is 2.52. The van der Waals surface area contributed by atoms with Crippen molar-refractivity contribution in [2.24, 2.45) is 0 Å². The van der Waals surface area contributed by atoms with Crippen molar-refractivity contribution in [3.05, 3.63) is 74.5 Å². The molecule has 0 bridgehead atoms. The third-order valence-corrected chi connectivity index (χ3v) is 6.41. The van der Waals surface area contributed by atoms with Crippen molar-refractivity contribution in [2.75, 3.05) is 6.54 Å². The molecule has 0 radical (unpaired) electrons. The van der Waals surface area contributed by atoms with Gasteiger partial charge < -0.3 is 10.6 Å². The third kappa shape index (κ3) is 7.82. The molecule has 1 aliphatic carbocycles. The number of halogens is 13. The van der Waals surface area contributed by atoms with Crippen LogP contribution in [0.25, 0.3) is 5.83 Å². The van der Waals surface area contributed by atoms with Gasteiger partial charge in [-0.1, -0.05) is 29.3 Å². The Labute approximate surface area is 233 Å². The van der Waals surface area contributed by atoms with Gasteiger partial charge in [-0.3, -0.25) is 9.59 Å². The average Bonchev–Trinajstić information content (AvgIpc) is 3.62. The van der Waals surface area contributed by atoms with Crippen LogP contribution >= 0.6 is 23.2 Å². The molecule has 2 amide bonds. The van der Waals surface area contributed by atoms with E-state index in [0.29, 0.717) is 24.3 Å². The smallest absolute Gasteiger partial charge is 0.345 e. The van der Waals surface area contributed by atoms with E-state index in [0.717, 1.165) is 0 Å². The Bertz CT molecular complexity index is 1360. The standard InChI is InChI=1S/C24H15Cl2F11N2O2/c25-15-6-11(7-16(26)18(15)28)13(23(32,33)34)8-17(27)10-1-2-12(14(5-10)24(35,36)37)19(40)39-21(3-4-21)20(41)38-9-22(29,30)31/h1-2,5-8,13H,3-4,9H2,(H,38,41)(H,39,40)/b17-8-. The van der Waals surface area contributed by atoms with E-state index in [4.69, 9.17) is 23.2 Å². The Balaban J connectivity index is 1.96. The zero-order valence-corrected chi connectivity index (χ0v) is 21.4. The molecule has 17 heteroatoms. The number of nitrogens with one attached hydrogen (secondary N) is 2. The van der Waals surface area contributed by atoms with Crippen LogP contribution in [-0.2, 0) is 11.0 Å². The van der Waals surface area contributed by atoms with Gasteiger partial charge in [0.15, 0.2) is 5.82 Å². The molecule has 41 heavy (non-hydrogen) atoms. The summed E-state index contributed by atoms with van der Waals surface area (Å²) in [4.78, 5) is 24.7. The molecule has 1 aliphatic rings.